The minimum atomic E-state index is -1.11. The van der Waals surface area contributed by atoms with Crippen LogP contribution in [0.3, 0.4) is 0 Å². The number of hydrogen-bond donors (Lipinski definition) is 2. The van der Waals surface area contributed by atoms with Crippen molar-refractivity contribution in [3.63, 3.8) is 0 Å². The summed E-state index contributed by atoms with van der Waals surface area (Å²) in [6.07, 6.45) is 3.26. The van der Waals surface area contributed by atoms with Crippen molar-refractivity contribution < 1.29 is 14.7 Å². The molecule has 1 aromatic rings. The van der Waals surface area contributed by atoms with Crippen LogP contribution in [0.2, 0.25) is 5.02 Å². The third-order valence-electron chi connectivity index (χ3n) is 4.37. The molecule has 2 N–H and O–H groups in total. The van der Waals surface area contributed by atoms with Gasteiger partial charge in [0.25, 0.3) is 0 Å². The first-order chi connectivity index (χ1) is 11.4. The van der Waals surface area contributed by atoms with Crippen molar-refractivity contribution in [1.82, 2.24) is 9.80 Å². The Morgan fingerprint density at radius 3 is 2.75 bits per heavy atom. The highest BCUT2D eigenvalue weighted by atomic mass is 35.5. The van der Waals surface area contributed by atoms with Gasteiger partial charge in [0.2, 0.25) is 5.91 Å². The predicted octanol–water partition coefficient (Wildman–Crippen LogP) is 2.39. The van der Waals surface area contributed by atoms with Crippen LogP contribution < -0.4 is 5.32 Å². The van der Waals surface area contributed by atoms with E-state index in [1.54, 1.807) is 6.07 Å². The Kier molecular flexibility index (Phi) is 6.60. The second kappa shape index (κ2) is 8.46. The lowest BCUT2D eigenvalue weighted by molar-refractivity contribution is -0.117. The number of aromatic carboxylic acids is 1. The van der Waals surface area contributed by atoms with E-state index in [1.165, 1.54) is 12.1 Å². The second-order valence-corrected chi connectivity index (χ2v) is 6.78. The zero-order valence-electron chi connectivity index (χ0n) is 14.1. The monoisotopic (exact) mass is 353 g/mol. The molecule has 1 saturated heterocycles. The van der Waals surface area contributed by atoms with Gasteiger partial charge in [-0.25, -0.2) is 4.79 Å². The molecule has 6 nitrogen and oxygen atoms in total. The van der Waals surface area contributed by atoms with E-state index in [-0.39, 0.29) is 16.5 Å². The van der Waals surface area contributed by atoms with Gasteiger partial charge in [-0.3, -0.25) is 9.69 Å². The van der Waals surface area contributed by atoms with E-state index in [2.05, 4.69) is 29.2 Å². The molecular weight excluding hydrogens is 330 g/mol. The molecule has 1 fully saturated rings. The standard InChI is InChI=1S/C17H24ClN3O3/c1-20(2)13-4-3-8-21(9-7-13)11-16(22)19-12-5-6-15(18)14(10-12)17(23)24/h5-6,10,13H,3-4,7-9,11H2,1-2H3,(H,19,22)(H,23,24)/t13-/m0/s1. The fourth-order valence-electron chi connectivity index (χ4n) is 2.98. The highest BCUT2D eigenvalue weighted by Gasteiger charge is 2.20. The van der Waals surface area contributed by atoms with Gasteiger partial charge in [0.1, 0.15) is 0 Å². The van der Waals surface area contributed by atoms with Crippen LogP contribution in [0, 0.1) is 0 Å². The number of carbonyl (C=O) groups excluding carboxylic acids is 1. The summed E-state index contributed by atoms with van der Waals surface area (Å²) in [6, 6.07) is 5.03. The fourth-order valence-corrected chi connectivity index (χ4v) is 3.18. The molecule has 1 aromatic carbocycles. The van der Waals surface area contributed by atoms with Crippen LogP contribution in [-0.4, -0.2) is 66.6 Å². The summed E-state index contributed by atoms with van der Waals surface area (Å²) in [6.45, 7) is 2.10. The molecule has 0 saturated carbocycles. The van der Waals surface area contributed by atoms with Gasteiger partial charge >= 0.3 is 5.97 Å². The van der Waals surface area contributed by atoms with E-state index in [0.717, 1.165) is 32.4 Å². The molecule has 1 aliphatic heterocycles. The van der Waals surface area contributed by atoms with Crippen LogP contribution in [0.5, 0.6) is 0 Å². The average Bonchev–Trinajstić information content (AvgIpc) is 2.74. The zero-order valence-corrected chi connectivity index (χ0v) is 14.8. The largest absolute Gasteiger partial charge is 0.478 e. The highest BCUT2D eigenvalue weighted by Crippen LogP contribution is 2.21. The molecule has 2 rings (SSSR count). The molecule has 1 amide bonds. The van der Waals surface area contributed by atoms with Gasteiger partial charge in [0.05, 0.1) is 17.1 Å². The van der Waals surface area contributed by atoms with Crippen molar-refractivity contribution in [3.8, 4) is 0 Å². The number of amides is 1. The number of hydrogen-bond acceptors (Lipinski definition) is 4. The molecule has 0 spiro atoms. The number of carbonyl (C=O) groups is 2. The molecule has 1 heterocycles. The van der Waals surface area contributed by atoms with Gasteiger partial charge in [-0.2, -0.15) is 0 Å². The smallest absolute Gasteiger partial charge is 0.337 e. The molecule has 0 unspecified atom stereocenters. The third-order valence-corrected chi connectivity index (χ3v) is 4.70. The number of carboxylic acid groups (broad SMARTS) is 1. The first-order valence-electron chi connectivity index (χ1n) is 8.08. The number of halogens is 1. The fraction of sp³-hybridized carbons (Fsp3) is 0.529. The van der Waals surface area contributed by atoms with Gasteiger partial charge in [0.15, 0.2) is 0 Å². The Labute approximate surface area is 147 Å². The zero-order chi connectivity index (χ0) is 17.7. The second-order valence-electron chi connectivity index (χ2n) is 6.37. The molecule has 7 heteroatoms. The molecule has 1 aliphatic rings. The maximum absolute atomic E-state index is 12.2. The van der Waals surface area contributed by atoms with E-state index in [1.807, 2.05) is 0 Å². The minimum Gasteiger partial charge on any atom is -0.478 e. The van der Waals surface area contributed by atoms with Crippen molar-refractivity contribution in [2.45, 2.75) is 25.3 Å². The summed E-state index contributed by atoms with van der Waals surface area (Å²) in [5.74, 6) is -1.25. The molecule has 132 valence electrons. The lowest BCUT2D eigenvalue weighted by Crippen LogP contribution is -2.35. The predicted molar refractivity (Wildman–Crippen MR) is 94.8 cm³/mol. The Bertz CT molecular complexity index is 607. The topological polar surface area (TPSA) is 72.9 Å². The summed E-state index contributed by atoms with van der Waals surface area (Å²) in [4.78, 5) is 27.7. The van der Waals surface area contributed by atoms with Crippen molar-refractivity contribution in [3.05, 3.63) is 28.8 Å². The number of rotatable bonds is 5. The van der Waals surface area contributed by atoms with Crippen LogP contribution in [0.4, 0.5) is 5.69 Å². The molecule has 0 aromatic heterocycles. The number of nitrogens with zero attached hydrogens (tertiary/aromatic N) is 2. The van der Waals surface area contributed by atoms with Crippen molar-refractivity contribution >= 4 is 29.2 Å². The first kappa shape index (κ1) is 18.7. The molecule has 1 atom stereocenters. The summed E-state index contributed by atoms with van der Waals surface area (Å²) in [7, 11) is 4.18. The Hall–Kier alpha value is -1.63. The number of benzene rings is 1. The van der Waals surface area contributed by atoms with E-state index in [9.17, 15) is 9.59 Å². The lowest BCUT2D eigenvalue weighted by atomic mass is 10.1. The van der Waals surface area contributed by atoms with Crippen LogP contribution in [-0.2, 0) is 4.79 Å². The van der Waals surface area contributed by atoms with E-state index >= 15 is 0 Å². The van der Waals surface area contributed by atoms with Crippen LogP contribution in [0.15, 0.2) is 18.2 Å². The first-order valence-corrected chi connectivity index (χ1v) is 8.46. The normalized spacial score (nSPS) is 19.1. The van der Waals surface area contributed by atoms with Gasteiger partial charge in [-0.15, -0.1) is 0 Å². The van der Waals surface area contributed by atoms with Crippen molar-refractivity contribution in [1.29, 1.82) is 0 Å². The van der Waals surface area contributed by atoms with Gasteiger partial charge in [-0.05, 0) is 58.1 Å². The van der Waals surface area contributed by atoms with Crippen molar-refractivity contribution in [2.24, 2.45) is 0 Å². The minimum absolute atomic E-state index is 0.0157. The molecule has 0 bridgehead atoms. The van der Waals surface area contributed by atoms with Gasteiger partial charge in [-0.1, -0.05) is 11.6 Å². The van der Waals surface area contributed by atoms with Crippen LogP contribution in [0.25, 0.3) is 0 Å². The van der Waals surface area contributed by atoms with Gasteiger partial charge < -0.3 is 15.3 Å². The molecule has 0 radical (unpaired) electrons. The molecule has 0 aliphatic carbocycles. The lowest BCUT2D eigenvalue weighted by Gasteiger charge is -2.23. The van der Waals surface area contributed by atoms with Crippen molar-refractivity contribution in [2.75, 3.05) is 39.0 Å². The van der Waals surface area contributed by atoms with Crippen LogP contribution >= 0.6 is 11.6 Å². The Morgan fingerprint density at radius 1 is 1.33 bits per heavy atom. The van der Waals surface area contributed by atoms with Crippen LogP contribution in [0.1, 0.15) is 29.6 Å². The SMILES string of the molecule is CN(C)[C@H]1CCCN(CC(=O)Nc2ccc(Cl)c(C(=O)O)c2)CC1. The Balaban J connectivity index is 1.91. The molecular formula is C17H24ClN3O3. The maximum Gasteiger partial charge on any atom is 0.337 e. The number of likely N-dealkylation sites (tertiary alicyclic amines) is 1. The summed E-state index contributed by atoms with van der Waals surface area (Å²) in [5.41, 5.74) is 0.431. The summed E-state index contributed by atoms with van der Waals surface area (Å²) >= 11 is 5.83. The number of nitrogens with one attached hydrogen (secondary N) is 1. The quantitative estimate of drug-likeness (QED) is 0.850. The van der Waals surface area contributed by atoms with E-state index in [0.29, 0.717) is 18.3 Å². The van der Waals surface area contributed by atoms with Gasteiger partial charge in [0, 0.05) is 18.3 Å². The number of carboxylic acids is 1. The maximum atomic E-state index is 12.2. The van der Waals surface area contributed by atoms with E-state index < -0.39 is 5.97 Å². The van der Waals surface area contributed by atoms with E-state index in [4.69, 9.17) is 16.7 Å². The Morgan fingerprint density at radius 2 is 2.08 bits per heavy atom. The average molecular weight is 354 g/mol. The highest BCUT2D eigenvalue weighted by molar-refractivity contribution is 6.33. The number of anilines is 1. The molecule has 24 heavy (non-hydrogen) atoms. The summed E-state index contributed by atoms with van der Waals surface area (Å²) < 4.78 is 0. The third kappa shape index (κ3) is 5.19. The summed E-state index contributed by atoms with van der Waals surface area (Å²) in [5, 5.41) is 12.0.